The first kappa shape index (κ1) is 20.8. The molecule has 30 heavy (non-hydrogen) atoms. The van der Waals surface area contributed by atoms with Gasteiger partial charge in [-0.1, -0.05) is 48.5 Å². The molecular weight excluding hydrogens is 402 g/mol. The number of thioether (sulfide) groups is 1. The highest BCUT2D eigenvalue weighted by molar-refractivity contribution is 7.99. The van der Waals surface area contributed by atoms with Gasteiger partial charge in [0.25, 0.3) is 0 Å². The number of carboxylic acid groups (broad SMARTS) is 1. The molecule has 1 atom stereocenters. The van der Waals surface area contributed by atoms with Crippen molar-refractivity contribution in [1.82, 2.24) is 5.32 Å². The number of aliphatic carboxylic acids is 1. The normalized spacial score (nSPS) is 15.9. The van der Waals surface area contributed by atoms with Crippen molar-refractivity contribution in [1.29, 1.82) is 0 Å². The average molecular weight is 428 g/mol. The molecule has 2 aromatic rings. The van der Waals surface area contributed by atoms with Crippen molar-refractivity contribution >= 4 is 23.8 Å². The molecule has 0 aliphatic heterocycles. The van der Waals surface area contributed by atoms with Crippen molar-refractivity contribution in [2.45, 2.75) is 24.8 Å². The number of hydrogen-bond acceptors (Lipinski definition) is 5. The summed E-state index contributed by atoms with van der Waals surface area (Å²) in [6.07, 6.45) is 1.71. The van der Waals surface area contributed by atoms with E-state index < -0.39 is 18.1 Å². The molecule has 2 aliphatic rings. The van der Waals surface area contributed by atoms with Crippen LogP contribution in [-0.2, 0) is 14.3 Å². The van der Waals surface area contributed by atoms with Gasteiger partial charge in [-0.05, 0) is 41.0 Å². The predicted octanol–water partition coefficient (Wildman–Crippen LogP) is 4.10. The SMILES string of the molecule is O=C(NC(CSCOCC1CC1)C(=O)O)OCC1c2ccccc2-c2ccccc21. The first-order valence-electron chi connectivity index (χ1n) is 10.1. The summed E-state index contributed by atoms with van der Waals surface area (Å²) in [5.74, 6) is 0.172. The molecule has 1 fully saturated rings. The van der Waals surface area contributed by atoms with Gasteiger partial charge in [0.2, 0.25) is 0 Å². The van der Waals surface area contributed by atoms with Crippen LogP contribution >= 0.6 is 11.8 Å². The number of ether oxygens (including phenoxy) is 2. The predicted molar refractivity (Wildman–Crippen MR) is 116 cm³/mol. The van der Waals surface area contributed by atoms with Gasteiger partial charge in [0.1, 0.15) is 12.6 Å². The van der Waals surface area contributed by atoms with E-state index in [1.165, 1.54) is 24.6 Å². The lowest BCUT2D eigenvalue weighted by atomic mass is 9.98. The molecule has 4 rings (SSSR count). The summed E-state index contributed by atoms with van der Waals surface area (Å²) in [4.78, 5) is 23.8. The van der Waals surface area contributed by atoms with Gasteiger partial charge in [0.15, 0.2) is 0 Å². The van der Waals surface area contributed by atoms with E-state index >= 15 is 0 Å². The molecule has 2 N–H and O–H groups in total. The van der Waals surface area contributed by atoms with Gasteiger partial charge in [-0.15, -0.1) is 11.8 Å². The molecule has 0 heterocycles. The molecular formula is C23H25NO5S. The number of nitrogens with one attached hydrogen (secondary N) is 1. The molecule has 7 heteroatoms. The van der Waals surface area contributed by atoms with E-state index in [9.17, 15) is 14.7 Å². The van der Waals surface area contributed by atoms with Crippen LogP contribution in [0.1, 0.15) is 29.9 Å². The number of alkyl carbamates (subject to hydrolysis) is 1. The summed E-state index contributed by atoms with van der Waals surface area (Å²) < 4.78 is 10.9. The van der Waals surface area contributed by atoms with Crippen LogP contribution in [-0.4, -0.2) is 48.1 Å². The molecule has 2 aromatic carbocycles. The summed E-state index contributed by atoms with van der Waals surface area (Å²) in [7, 11) is 0. The van der Waals surface area contributed by atoms with E-state index in [1.807, 2.05) is 36.4 Å². The van der Waals surface area contributed by atoms with Gasteiger partial charge in [0.05, 0.1) is 12.5 Å². The third-order valence-corrected chi connectivity index (χ3v) is 6.34. The number of amides is 1. The van der Waals surface area contributed by atoms with Gasteiger partial charge >= 0.3 is 12.1 Å². The number of benzene rings is 2. The molecule has 0 aromatic heterocycles. The maximum Gasteiger partial charge on any atom is 0.407 e. The van der Waals surface area contributed by atoms with Gasteiger partial charge < -0.3 is 19.9 Å². The van der Waals surface area contributed by atoms with Crippen LogP contribution < -0.4 is 5.32 Å². The number of rotatable bonds is 10. The van der Waals surface area contributed by atoms with E-state index in [0.717, 1.165) is 28.9 Å². The number of hydrogen-bond donors (Lipinski definition) is 2. The summed E-state index contributed by atoms with van der Waals surface area (Å²) in [6.45, 7) is 0.883. The lowest BCUT2D eigenvalue weighted by Crippen LogP contribution is -2.43. The van der Waals surface area contributed by atoms with Gasteiger partial charge in [0, 0.05) is 11.7 Å². The summed E-state index contributed by atoms with van der Waals surface area (Å²) >= 11 is 1.35. The summed E-state index contributed by atoms with van der Waals surface area (Å²) in [6, 6.07) is 15.1. The second-order valence-electron chi connectivity index (χ2n) is 7.66. The fourth-order valence-corrected chi connectivity index (χ4v) is 4.45. The average Bonchev–Trinajstić information content (AvgIpc) is 3.52. The van der Waals surface area contributed by atoms with Crippen molar-refractivity contribution in [3.63, 3.8) is 0 Å². The lowest BCUT2D eigenvalue weighted by molar-refractivity contribution is -0.138. The highest BCUT2D eigenvalue weighted by atomic mass is 32.2. The summed E-state index contributed by atoms with van der Waals surface area (Å²) in [5, 5.41) is 11.9. The number of carboxylic acids is 1. The Balaban J connectivity index is 1.29. The Morgan fingerprint density at radius 1 is 1.03 bits per heavy atom. The van der Waals surface area contributed by atoms with E-state index in [2.05, 4.69) is 17.4 Å². The number of fused-ring (bicyclic) bond motifs is 3. The summed E-state index contributed by atoms with van der Waals surface area (Å²) in [5.41, 5.74) is 4.52. The first-order valence-corrected chi connectivity index (χ1v) is 11.3. The second-order valence-corrected chi connectivity index (χ2v) is 8.64. The van der Waals surface area contributed by atoms with Crippen molar-refractivity contribution in [2.75, 3.05) is 24.9 Å². The zero-order valence-electron chi connectivity index (χ0n) is 16.6. The van der Waals surface area contributed by atoms with Crippen LogP contribution in [0.5, 0.6) is 0 Å². The van der Waals surface area contributed by atoms with Crippen molar-refractivity contribution in [3.05, 3.63) is 59.7 Å². The molecule has 6 nitrogen and oxygen atoms in total. The minimum atomic E-state index is -1.08. The molecule has 0 spiro atoms. The Labute approximate surface area is 180 Å². The smallest absolute Gasteiger partial charge is 0.407 e. The Hall–Kier alpha value is -2.51. The van der Waals surface area contributed by atoms with Crippen LogP contribution in [0.15, 0.2) is 48.5 Å². The minimum absolute atomic E-state index is 0.0587. The third-order valence-electron chi connectivity index (χ3n) is 5.44. The first-order chi connectivity index (χ1) is 14.6. The molecule has 1 amide bonds. The van der Waals surface area contributed by atoms with Gasteiger partial charge in [-0.3, -0.25) is 0 Å². The topological polar surface area (TPSA) is 84.9 Å². The number of carbonyl (C=O) groups excluding carboxylic acids is 1. The maximum absolute atomic E-state index is 12.3. The van der Waals surface area contributed by atoms with E-state index in [4.69, 9.17) is 9.47 Å². The quantitative estimate of drug-likeness (QED) is 0.439. The maximum atomic E-state index is 12.3. The molecule has 0 saturated heterocycles. The van der Waals surface area contributed by atoms with Gasteiger partial charge in [-0.2, -0.15) is 0 Å². The van der Waals surface area contributed by atoms with Crippen LogP contribution in [0.4, 0.5) is 4.79 Å². The highest BCUT2D eigenvalue weighted by Crippen LogP contribution is 2.44. The van der Waals surface area contributed by atoms with E-state index in [0.29, 0.717) is 11.9 Å². The largest absolute Gasteiger partial charge is 0.480 e. The van der Waals surface area contributed by atoms with Crippen LogP contribution in [0.3, 0.4) is 0 Å². The third kappa shape index (κ3) is 4.96. The monoisotopic (exact) mass is 427 g/mol. The lowest BCUT2D eigenvalue weighted by Gasteiger charge is -2.17. The molecule has 2 aliphatic carbocycles. The van der Waals surface area contributed by atoms with Crippen LogP contribution in [0.25, 0.3) is 11.1 Å². The van der Waals surface area contributed by atoms with E-state index in [1.54, 1.807) is 0 Å². The van der Waals surface area contributed by atoms with E-state index in [-0.39, 0.29) is 18.3 Å². The molecule has 1 saturated carbocycles. The van der Waals surface area contributed by atoms with Gasteiger partial charge in [-0.25, -0.2) is 9.59 Å². The van der Waals surface area contributed by atoms with Crippen molar-refractivity contribution < 1.29 is 24.2 Å². The zero-order valence-corrected chi connectivity index (χ0v) is 17.4. The molecule has 0 radical (unpaired) electrons. The minimum Gasteiger partial charge on any atom is -0.480 e. The second kappa shape index (κ2) is 9.53. The fourth-order valence-electron chi connectivity index (χ4n) is 3.68. The van der Waals surface area contributed by atoms with Crippen molar-refractivity contribution in [3.8, 4) is 11.1 Å². The van der Waals surface area contributed by atoms with Crippen LogP contribution in [0.2, 0.25) is 0 Å². The fraction of sp³-hybridized carbons (Fsp3) is 0.391. The Bertz CT molecular complexity index is 868. The van der Waals surface area contributed by atoms with Crippen molar-refractivity contribution in [2.24, 2.45) is 5.92 Å². The van der Waals surface area contributed by atoms with Crippen LogP contribution in [0, 0.1) is 5.92 Å². The number of carbonyl (C=O) groups is 2. The Morgan fingerprint density at radius 3 is 2.27 bits per heavy atom. The Kier molecular flexibility index (Phi) is 6.59. The standard InChI is InChI=1S/C23H25NO5S/c25-22(26)21(13-30-14-28-11-15-9-10-15)24-23(27)29-12-20-18-7-3-1-5-16(18)17-6-2-4-8-19(17)20/h1-8,15,20-21H,9-14H2,(H,24,27)(H,25,26). The molecule has 0 bridgehead atoms. The molecule has 158 valence electrons. The molecule has 1 unspecified atom stereocenters. The highest BCUT2D eigenvalue weighted by Gasteiger charge is 2.29. The zero-order chi connectivity index (χ0) is 20.9. The Morgan fingerprint density at radius 2 is 1.67 bits per heavy atom.